The molecular formula is C10H13IO. The van der Waals surface area contributed by atoms with E-state index >= 15 is 0 Å². The van der Waals surface area contributed by atoms with Gasteiger partial charge in [-0.1, -0.05) is 13.8 Å². The van der Waals surface area contributed by atoms with Crippen LogP contribution in [-0.2, 0) is 0 Å². The van der Waals surface area contributed by atoms with Crippen molar-refractivity contribution in [2.24, 2.45) is 0 Å². The maximum Gasteiger partial charge on any atom is 0.119 e. The van der Waals surface area contributed by atoms with Crippen LogP contribution >= 0.6 is 22.6 Å². The molecule has 1 N–H and O–H groups in total. The lowest BCUT2D eigenvalue weighted by molar-refractivity contribution is 0.464. The molecule has 0 aliphatic rings. The van der Waals surface area contributed by atoms with Crippen molar-refractivity contribution >= 4 is 22.6 Å². The highest BCUT2D eigenvalue weighted by Gasteiger charge is 2.07. The second-order valence-corrected chi connectivity index (χ2v) is 4.48. The molecule has 12 heavy (non-hydrogen) atoms. The van der Waals surface area contributed by atoms with E-state index in [0.29, 0.717) is 11.7 Å². The fourth-order valence-corrected chi connectivity index (χ4v) is 1.64. The molecule has 0 saturated heterocycles. The largest absolute Gasteiger partial charge is 0.508 e. The van der Waals surface area contributed by atoms with E-state index in [0.717, 1.165) is 11.1 Å². The molecule has 0 saturated carbocycles. The van der Waals surface area contributed by atoms with E-state index in [1.165, 1.54) is 3.57 Å². The predicted octanol–water partition coefficient (Wildman–Crippen LogP) is 3.43. The van der Waals surface area contributed by atoms with Gasteiger partial charge in [-0.25, -0.2) is 0 Å². The van der Waals surface area contributed by atoms with Crippen molar-refractivity contribution in [2.45, 2.75) is 26.7 Å². The first kappa shape index (κ1) is 9.84. The Morgan fingerprint density at radius 1 is 1.33 bits per heavy atom. The molecule has 1 rings (SSSR count). The second kappa shape index (κ2) is 3.64. The SMILES string of the molecule is Cc1cc(O)c(C(C)C)cc1I. The number of aryl methyl sites for hydroxylation is 1. The van der Waals surface area contributed by atoms with Crippen LogP contribution in [-0.4, -0.2) is 5.11 Å². The van der Waals surface area contributed by atoms with Gasteiger partial charge in [-0.2, -0.15) is 0 Å². The average molecular weight is 276 g/mol. The van der Waals surface area contributed by atoms with E-state index in [9.17, 15) is 5.11 Å². The van der Waals surface area contributed by atoms with Crippen LogP contribution in [0.5, 0.6) is 5.75 Å². The average Bonchev–Trinajstić information content (AvgIpc) is 1.96. The van der Waals surface area contributed by atoms with Gasteiger partial charge in [-0.05, 0) is 58.7 Å². The first-order chi connectivity index (χ1) is 5.52. The molecule has 1 nitrogen and oxygen atoms in total. The van der Waals surface area contributed by atoms with Crippen LogP contribution in [0.15, 0.2) is 12.1 Å². The minimum absolute atomic E-state index is 0.388. The highest BCUT2D eigenvalue weighted by atomic mass is 127. The van der Waals surface area contributed by atoms with E-state index in [1.807, 2.05) is 13.0 Å². The lowest BCUT2D eigenvalue weighted by Gasteiger charge is -2.10. The summed E-state index contributed by atoms with van der Waals surface area (Å²) in [6.45, 7) is 6.17. The maximum atomic E-state index is 9.58. The van der Waals surface area contributed by atoms with Crippen LogP contribution in [0.2, 0.25) is 0 Å². The Labute approximate surface area is 86.9 Å². The number of halogens is 1. The second-order valence-electron chi connectivity index (χ2n) is 3.31. The summed E-state index contributed by atoms with van der Waals surface area (Å²) in [7, 11) is 0. The van der Waals surface area contributed by atoms with Gasteiger partial charge in [0.25, 0.3) is 0 Å². The van der Waals surface area contributed by atoms with Crippen LogP contribution in [0, 0.1) is 10.5 Å². The number of phenols is 1. The molecule has 66 valence electrons. The topological polar surface area (TPSA) is 20.2 Å². The zero-order valence-electron chi connectivity index (χ0n) is 7.56. The monoisotopic (exact) mass is 276 g/mol. The van der Waals surface area contributed by atoms with Gasteiger partial charge in [0.05, 0.1) is 0 Å². The quantitative estimate of drug-likeness (QED) is 0.779. The Balaban J connectivity index is 3.23. The normalized spacial score (nSPS) is 10.8. The van der Waals surface area contributed by atoms with Crippen molar-refractivity contribution in [2.75, 3.05) is 0 Å². The summed E-state index contributed by atoms with van der Waals surface area (Å²) in [5, 5.41) is 9.58. The van der Waals surface area contributed by atoms with Crippen molar-refractivity contribution in [3.05, 3.63) is 26.8 Å². The highest BCUT2D eigenvalue weighted by molar-refractivity contribution is 14.1. The number of aromatic hydroxyl groups is 1. The molecule has 0 spiro atoms. The molecule has 2 heteroatoms. The van der Waals surface area contributed by atoms with Crippen LogP contribution in [0.4, 0.5) is 0 Å². The van der Waals surface area contributed by atoms with Crippen molar-refractivity contribution in [1.82, 2.24) is 0 Å². The van der Waals surface area contributed by atoms with E-state index in [1.54, 1.807) is 0 Å². The third kappa shape index (κ3) is 1.91. The predicted molar refractivity (Wildman–Crippen MR) is 59.6 cm³/mol. The van der Waals surface area contributed by atoms with Gasteiger partial charge < -0.3 is 5.11 Å². The summed E-state index contributed by atoms with van der Waals surface area (Å²) < 4.78 is 1.22. The minimum Gasteiger partial charge on any atom is -0.508 e. The standard InChI is InChI=1S/C10H13IO/c1-6(2)8-5-9(11)7(3)4-10(8)12/h4-6,12H,1-3H3. The number of benzene rings is 1. The van der Waals surface area contributed by atoms with Gasteiger partial charge >= 0.3 is 0 Å². The molecule has 0 fully saturated rings. The summed E-state index contributed by atoms with van der Waals surface area (Å²) in [5.41, 5.74) is 2.17. The van der Waals surface area contributed by atoms with Gasteiger partial charge in [0.2, 0.25) is 0 Å². The number of phenolic OH excluding ortho intramolecular Hbond substituents is 1. The molecule has 0 aliphatic carbocycles. The summed E-state index contributed by atoms with van der Waals surface area (Å²) >= 11 is 2.29. The molecule has 0 bridgehead atoms. The van der Waals surface area contributed by atoms with Crippen molar-refractivity contribution in [1.29, 1.82) is 0 Å². The summed E-state index contributed by atoms with van der Waals surface area (Å²) in [6, 6.07) is 3.88. The molecule has 0 amide bonds. The van der Waals surface area contributed by atoms with E-state index in [-0.39, 0.29) is 0 Å². The summed E-state index contributed by atoms with van der Waals surface area (Å²) in [5.74, 6) is 0.807. The molecule has 0 aliphatic heterocycles. The highest BCUT2D eigenvalue weighted by Crippen LogP contribution is 2.28. The molecule has 0 aromatic heterocycles. The van der Waals surface area contributed by atoms with Crippen LogP contribution in [0.25, 0.3) is 0 Å². The van der Waals surface area contributed by atoms with Crippen molar-refractivity contribution in [3.8, 4) is 5.75 Å². The van der Waals surface area contributed by atoms with Gasteiger partial charge in [-0.15, -0.1) is 0 Å². The van der Waals surface area contributed by atoms with E-state index in [4.69, 9.17) is 0 Å². The number of hydrogen-bond donors (Lipinski definition) is 1. The Bertz CT molecular complexity index is 292. The molecule has 0 atom stereocenters. The van der Waals surface area contributed by atoms with Crippen LogP contribution < -0.4 is 0 Å². The Hall–Kier alpha value is -0.250. The van der Waals surface area contributed by atoms with E-state index < -0.39 is 0 Å². The Morgan fingerprint density at radius 2 is 1.92 bits per heavy atom. The lowest BCUT2D eigenvalue weighted by Crippen LogP contribution is -1.91. The molecule has 0 heterocycles. The van der Waals surface area contributed by atoms with E-state index in [2.05, 4.69) is 42.5 Å². The fraction of sp³-hybridized carbons (Fsp3) is 0.400. The van der Waals surface area contributed by atoms with Gasteiger partial charge in [0.1, 0.15) is 5.75 Å². The van der Waals surface area contributed by atoms with Gasteiger partial charge in [0, 0.05) is 3.57 Å². The van der Waals surface area contributed by atoms with Crippen molar-refractivity contribution < 1.29 is 5.11 Å². The Kier molecular flexibility index (Phi) is 2.99. The minimum atomic E-state index is 0.388. The first-order valence-electron chi connectivity index (χ1n) is 4.01. The summed E-state index contributed by atoms with van der Waals surface area (Å²) in [6.07, 6.45) is 0. The molecule has 1 aromatic carbocycles. The lowest BCUT2D eigenvalue weighted by atomic mass is 10.0. The zero-order valence-corrected chi connectivity index (χ0v) is 9.71. The third-order valence-corrected chi connectivity index (χ3v) is 3.09. The van der Waals surface area contributed by atoms with Crippen LogP contribution in [0.1, 0.15) is 30.9 Å². The molecule has 0 radical (unpaired) electrons. The zero-order chi connectivity index (χ0) is 9.30. The summed E-state index contributed by atoms with van der Waals surface area (Å²) in [4.78, 5) is 0. The smallest absolute Gasteiger partial charge is 0.119 e. The maximum absolute atomic E-state index is 9.58. The van der Waals surface area contributed by atoms with Crippen LogP contribution in [0.3, 0.4) is 0 Å². The van der Waals surface area contributed by atoms with Gasteiger partial charge in [0.15, 0.2) is 0 Å². The van der Waals surface area contributed by atoms with Crippen molar-refractivity contribution in [3.63, 3.8) is 0 Å². The Morgan fingerprint density at radius 3 is 2.42 bits per heavy atom. The molecule has 0 unspecified atom stereocenters. The first-order valence-corrected chi connectivity index (χ1v) is 5.09. The molecule has 1 aromatic rings. The molecular weight excluding hydrogens is 263 g/mol. The number of rotatable bonds is 1. The fourth-order valence-electron chi connectivity index (χ4n) is 1.14. The third-order valence-electron chi connectivity index (χ3n) is 1.93. The number of hydrogen-bond acceptors (Lipinski definition) is 1. The van der Waals surface area contributed by atoms with Gasteiger partial charge in [-0.3, -0.25) is 0 Å².